The Hall–Kier alpha value is -4.94. The van der Waals surface area contributed by atoms with Gasteiger partial charge in [0.05, 0.1) is 17.6 Å². The van der Waals surface area contributed by atoms with Gasteiger partial charge < -0.3 is 20.0 Å². The number of ether oxygens (including phenoxy) is 1. The highest BCUT2D eigenvalue weighted by Crippen LogP contribution is 2.36. The number of hydrogen-bond donors (Lipinski definition) is 3. The van der Waals surface area contributed by atoms with E-state index in [1.807, 2.05) is 0 Å². The largest absolute Gasteiger partial charge is 0.465 e. The van der Waals surface area contributed by atoms with Gasteiger partial charge in [-0.3, -0.25) is 9.59 Å². The Morgan fingerprint density at radius 1 is 1.10 bits per heavy atom. The summed E-state index contributed by atoms with van der Waals surface area (Å²) in [5.74, 6) is -1.51. The smallest absolute Gasteiger partial charge is 0.337 e. The lowest BCUT2D eigenvalue weighted by atomic mass is 10.0. The molecule has 0 saturated carbocycles. The molecule has 41 heavy (non-hydrogen) atoms. The van der Waals surface area contributed by atoms with Crippen LogP contribution in [0.1, 0.15) is 26.4 Å². The van der Waals surface area contributed by atoms with Crippen molar-refractivity contribution < 1.29 is 22.7 Å². The zero-order valence-electron chi connectivity index (χ0n) is 21.4. The monoisotopic (exact) mass is 591 g/mol. The second-order valence-electron chi connectivity index (χ2n) is 8.93. The summed E-state index contributed by atoms with van der Waals surface area (Å²) < 4.78 is 35.1. The third-order valence-corrected chi connectivity index (χ3v) is 7.87. The second-order valence-corrected chi connectivity index (χ2v) is 11.0. The Labute approximate surface area is 238 Å². The number of methoxy groups -OCH3 is 1. The van der Waals surface area contributed by atoms with Gasteiger partial charge in [0.1, 0.15) is 11.5 Å². The quantitative estimate of drug-likeness (QED) is 0.241. The highest BCUT2D eigenvalue weighted by Gasteiger charge is 2.29. The lowest BCUT2D eigenvalue weighted by Crippen LogP contribution is -2.33. The molecule has 5 rings (SSSR count). The maximum atomic E-state index is 14.0. The first-order valence-electron chi connectivity index (χ1n) is 12.0. The average molecular weight is 592 g/mol. The molecule has 0 atom stereocenters. The summed E-state index contributed by atoms with van der Waals surface area (Å²) in [5, 5.41) is 0.794. The fourth-order valence-electron chi connectivity index (χ4n) is 4.53. The Morgan fingerprint density at radius 3 is 2.63 bits per heavy atom. The predicted octanol–water partition coefficient (Wildman–Crippen LogP) is 3.58. The van der Waals surface area contributed by atoms with Gasteiger partial charge in [0.15, 0.2) is 0 Å². The second kappa shape index (κ2) is 10.9. The van der Waals surface area contributed by atoms with E-state index >= 15 is 0 Å². The lowest BCUT2D eigenvalue weighted by molar-refractivity contribution is 0.0600. The summed E-state index contributed by atoms with van der Waals surface area (Å²) in [5.41, 5.74) is 6.74. The first-order chi connectivity index (χ1) is 19.6. The summed E-state index contributed by atoms with van der Waals surface area (Å²) in [4.78, 5) is 45.1. The number of aromatic nitrogens is 3. The molecule has 0 aliphatic rings. The van der Waals surface area contributed by atoms with Crippen molar-refractivity contribution in [2.75, 3.05) is 12.8 Å². The van der Waals surface area contributed by atoms with Crippen molar-refractivity contribution in [1.82, 2.24) is 19.3 Å². The number of anilines is 1. The van der Waals surface area contributed by atoms with Crippen LogP contribution < -0.4 is 16.0 Å². The van der Waals surface area contributed by atoms with Crippen LogP contribution in [0.3, 0.4) is 0 Å². The maximum absolute atomic E-state index is 14.0. The zero-order chi connectivity index (χ0) is 29.3. The molecule has 5 aromatic rings. The van der Waals surface area contributed by atoms with Gasteiger partial charge in [-0.25, -0.2) is 22.9 Å². The van der Waals surface area contributed by atoms with Gasteiger partial charge in [0, 0.05) is 46.0 Å². The summed E-state index contributed by atoms with van der Waals surface area (Å²) >= 11 is 6.32. The Balaban J connectivity index is 1.73. The topological polar surface area (TPSA) is 166 Å². The summed E-state index contributed by atoms with van der Waals surface area (Å²) in [6, 6.07) is 16.4. The third-order valence-electron chi connectivity index (χ3n) is 6.31. The molecule has 11 nitrogen and oxygen atoms in total. The lowest BCUT2D eigenvalue weighted by Gasteiger charge is -2.14. The van der Waals surface area contributed by atoms with E-state index < -0.39 is 27.5 Å². The van der Waals surface area contributed by atoms with Crippen LogP contribution in [0, 0.1) is 0 Å². The van der Waals surface area contributed by atoms with Crippen molar-refractivity contribution in [3.8, 4) is 11.1 Å². The molecule has 1 amide bonds. The molecular weight excluding hydrogens is 570 g/mol. The van der Waals surface area contributed by atoms with Crippen molar-refractivity contribution in [1.29, 1.82) is 0 Å². The van der Waals surface area contributed by atoms with E-state index in [9.17, 15) is 22.8 Å². The number of amides is 1. The van der Waals surface area contributed by atoms with Crippen LogP contribution in [0.15, 0.2) is 88.8 Å². The van der Waals surface area contributed by atoms with E-state index in [1.54, 1.807) is 41.0 Å². The predicted molar refractivity (Wildman–Crippen MR) is 153 cm³/mol. The SMILES string of the molecule is COC(=O)c1cccc(S(=O)(=O)NC(=O)c2c(-c3ccc[nH]c3=O)c3cc(Cl)ccc3n2Cc2ccnc(N)c2)c1. The third kappa shape index (κ3) is 5.42. The highest BCUT2D eigenvalue weighted by atomic mass is 35.5. The minimum Gasteiger partial charge on any atom is -0.465 e. The molecule has 13 heteroatoms. The molecule has 0 bridgehead atoms. The first kappa shape index (κ1) is 27.6. The number of H-pyrrole nitrogens is 1. The highest BCUT2D eigenvalue weighted by molar-refractivity contribution is 7.90. The van der Waals surface area contributed by atoms with Gasteiger partial charge in [-0.2, -0.15) is 0 Å². The van der Waals surface area contributed by atoms with Gasteiger partial charge in [-0.15, -0.1) is 0 Å². The number of carbonyl (C=O) groups is 2. The molecule has 0 spiro atoms. The minimum atomic E-state index is -4.49. The number of aromatic amines is 1. The van der Waals surface area contributed by atoms with Gasteiger partial charge in [-0.1, -0.05) is 17.7 Å². The summed E-state index contributed by atoms with van der Waals surface area (Å²) in [6.07, 6.45) is 2.95. The van der Waals surface area contributed by atoms with E-state index in [0.717, 1.165) is 6.07 Å². The number of halogens is 1. The molecule has 2 aromatic carbocycles. The van der Waals surface area contributed by atoms with Crippen LogP contribution in [0.4, 0.5) is 5.82 Å². The maximum Gasteiger partial charge on any atom is 0.337 e. The van der Waals surface area contributed by atoms with Crippen LogP contribution in [-0.2, 0) is 21.3 Å². The normalized spacial score (nSPS) is 11.4. The first-order valence-corrected chi connectivity index (χ1v) is 13.9. The molecule has 0 radical (unpaired) electrons. The van der Waals surface area contributed by atoms with Crippen LogP contribution in [-0.4, -0.2) is 41.9 Å². The Kier molecular flexibility index (Phi) is 7.35. The van der Waals surface area contributed by atoms with Gasteiger partial charge in [-0.05, 0) is 66.2 Å². The number of benzene rings is 2. The average Bonchev–Trinajstić information content (AvgIpc) is 3.25. The Bertz CT molecular complexity index is 2000. The molecule has 3 heterocycles. The van der Waals surface area contributed by atoms with Crippen LogP contribution in [0.5, 0.6) is 0 Å². The standard InChI is InChI=1S/C28H22ClN5O6S/c1-40-28(37)17-4-2-5-19(13-17)41(38,39)33-27(36)25-24(20-6-3-10-32-26(20)35)21-14-18(29)7-8-22(21)34(25)15-16-9-11-31-23(30)12-16/h2-14H,15H2,1H3,(H2,30,31)(H,32,35)(H,33,36). The van der Waals surface area contributed by atoms with E-state index in [1.165, 1.54) is 43.8 Å². The number of fused-ring (bicyclic) bond motifs is 1. The molecule has 0 aliphatic carbocycles. The molecule has 208 valence electrons. The number of nitrogens with one attached hydrogen (secondary N) is 2. The number of pyridine rings is 2. The van der Waals surface area contributed by atoms with Crippen LogP contribution >= 0.6 is 11.6 Å². The number of sulfonamides is 1. The molecule has 0 unspecified atom stereocenters. The number of nitrogens with two attached hydrogens (primary N) is 1. The number of carbonyl (C=O) groups excluding carboxylic acids is 2. The molecule has 0 fully saturated rings. The number of rotatable bonds is 7. The van der Waals surface area contributed by atoms with Crippen molar-refractivity contribution in [2.24, 2.45) is 0 Å². The summed E-state index contributed by atoms with van der Waals surface area (Å²) in [7, 11) is -3.32. The number of nitrogens with zero attached hydrogens (tertiary/aromatic N) is 2. The number of hydrogen-bond acceptors (Lipinski definition) is 8. The number of esters is 1. The van der Waals surface area contributed by atoms with Crippen molar-refractivity contribution in [2.45, 2.75) is 11.4 Å². The van der Waals surface area contributed by atoms with E-state index in [4.69, 9.17) is 17.3 Å². The molecular formula is C28H22ClN5O6S. The Morgan fingerprint density at radius 2 is 1.90 bits per heavy atom. The number of nitrogen functional groups attached to an aromatic ring is 1. The molecule has 4 N–H and O–H groups in total. The molecule has 0 aliphatic heterocycles. The summed E-state index contributed by atoms with van der Waals surface area (Å²) in [6.45, 7) is 0.0796. The molecule has 3 aromatic heterocycles. The van der Waals surface area contributed by atoms with E-state index in [2.05, 4.69) is 19.4 Å². The van der Waals surface area contributed by atoms with E-state index in [0.29, 0.717) is 21.5 Å². The van der Waals surface area contributed by atoms with Gasteiger partial charge in [0.2, 0.25) is 0 Å². The minimum absolute atomic E-state index is 0.0154. The fraction of sp³-hybridized carbons (Fsp3) is 0.0714. The molecule has 0 saturated heterocycles. The van der Waals surface area contributed by atoms with Crippen molar-refractivity contribution in [3.63, 3.8) is 0 Å². The van der Waals surface area contributed by atoms with Crippen LogP contribution in [0.25, 0.3) is 22.0 Å². The van der Waals surface area contributed by atoms with Gasteiger partial charge >= 0.3 is 5.97 Å². The zero-order valence-corrected chi connectivity index (χ0v) is 23.0. The van der Waals surface area contributed by atoms with Crippen molar-refractivity contribution >= 4 is 50.2 Å². The van der Waals surface area contributed by atoms with Crippen molar-refractivity contribution in [3.05, 3.63) is 111 Å². The van der Waals surface area contributed by atoms with E-state index in [-0.39, 0.29) is 39.6 Å². The van der Waals surface area contributed by atoms with Gasteiger partial charge in [0.25, 0.3) is 21.5 Å². The fourth-order valence-corrected chi connectivity index (χ4v) is 5.70. The van der Waals surface area contributed by atoms with Crippen LogP contribution in [0.2, 0.25) is 5.02 Å².